The Kier molecular flexibility index (Phi) is 1.78. The molecule has 1 N–H and O–H groups in total. The van der Waals surface area contributed by atoms with Crippen LogP contribution in [0.5, 0.6) is 0 Å². The molecule has 0 radical (unpaired) electrons. The van der Waals surface area contributed by atoms with Gasteiger partial charge in [0.1, 0.15) is 0 Å². The molecule has 0 amide bonds. The topological polar surface area (TPSA) is 55.6 Å². The van der Waals surface area contributed by atoms with Gasteiger partial charge in [0.2, 0.25) is 0 Å². The van der Waals surface area contributed by atoms with Gasteiger partial charge in [0.25, 0.3) is 0 Å². The maximum Gasteiger partial charge on any atom is 0.196 e. The van der Waals surface area contributed by atoms with Gasteiger partial charge in [0.05, 0.1) is 5.69 Å². The first kappa shape index (κ1) is 8.55. The van der Waals surface area contributed by atoms with Crippen molar-refractivity contribution in [2.24, 2.45) is 7.05 Å². The number of hydrogen-bond acceptors (Lipinski definition) is 4. The lowest BCUT2D eigenvalue weighted by molar-refractivity contribution is 0.757. The van der Waals surface area contributed by atoms with Crippen LogP contribution in [0.4, 0.5) is 0 Å². The molecule has 3 heterocycles. The van der Waals surface area contributed by atoms with Crippen LogP contribution >= 0.6 is 0 Å². The zero-order chi connectivity index (χ0) is 10.3. The number of nitrogens with one attached hydrogen (secondary N) is 1. The largest absolute Gasteiger partial charge is 0.331 e. The molecule has 0 saturated carbocycles. The first-order valence-electron chi connectivity index (χ1n) is 4.88. The summed E-state index contributed by atoms with van der Waals surface area (Å²) in [7, 11) is 1.94. The fourth-order valence-corrected chi connectivity index (χ4v) is 1.75. The summed E-state index contributed by atoms with van der Waals surface area (Å²) >= 11 is 0. The molecule has 0 aliphatic carbocycles. The second-order valence-electron chi connectivity index (χ2n) is 3.63. The molecule has 0 spiro atoms. The summed E-state index contributed by atoms with van der Waals surface area (Å²) in [6.07, 6.45) is 5.53. The third kappa shape index (κ3) is 1.32. The van der Waals surface area contributed by atoms with Gasteiger partial charge in [-0.2, -0.15) is 0 Å². The summed E-state index contributed by atoms with van der Waals surface area (Å²) in [4.78, 5) is 13.0. The first-order chi connectivity index (χ1) is 7.34. The van der Waals surface area contributed by atoms with Crippen molar-refractivity contribution in [1.29, 1.82) is 0 Å². The highest BCUT2D eigenvalue weighted by Gasteiger charge is 2.14. The second kappa shape index (κ2) is 3.13. The summed E-state index contributed by atoms with van der Waals surface area (Å²) in [5.74, 6) is 1.51. The van der Waals surface area contributed by atoms with Gasteiger partial charge in [0, 0.05) is 44.3 Å². The summed E-state index contributed by atoms with van der Waals surface area (Å²) in [6.45, 7) is 1.70. The molecule has 1 aliphatic rings. The molecule has 2 aromatic rings. The number of hydrogen-bond donors (Lipinski definition) is 1. The summed E-state index contributed by atoms with van der Waals surface area (Å²) < 4.78 is 1.92. The van der Waals surface area contributed by atoms with Crippen molar-refractivity contribution in [2.45, 2.75) is 13.1 Å². The van der Waals surface area contributed by atoms with E-state index in [9.17, 15) is 0 Å². The fourth-order valence-electron chi connectivity index (χ4n) is 1.75. The molecule has 2 aromatic heterocycles. The number of aryl methyl sites for hydroxylation is 1. The Hall–Kier alpha value is -1.75. The van der Waals surface area contributed by atoms with Gasteiger partial charge in [-0.25, -0.2) is 15.0 Å². The Morgan fingerprint density at radius 1 is 1.33 bits per heavy atom. The van der Waals surface area contributed by atoms with Crippen LogP contribution in [0.2, 0.25) is 0 Å². The van der Waals surface area contributed by atoms with Crippen LogP contribution in [0.15, 0.2) is 18.6 Å². The lowest BCUT2D eigenvalue weighted by Gasteiger charge is -2.02. The number of imidazole rings is 1. The fraction of sp³-hybridized carbons (Fsp3) is 0.300. The molecule has 3 rings (SSSR count). The van der Waals surface area contributed by atoms with Crippen LogP contribution in [0.1, 0.15) is 11.3 Å². The smallest absolute Gasteiger partial charge is 0.196 e. The summed E-state index contributed by atoms with van der Waals surface area (Å²) in [5.41, 5.74) is 2.27. The quantitative estimate of drug-likeness (QED) is 0.729. The molecule has 0 bridgehead atoms. The number of nitrogens with zero attached hydrogens (tertiary/aromatic N) is 4. The van der Waals surface area contributed by atoms with Gasteiger partial charge in [-0.15, -0.1) is 0 Å². The van der Waals surface area contributed by atoms with E-state index in [-0.39, 0.29) is 0 Å². The van der Waals surface area contributed by atoms with Crippen molar-refractivity contribution in [1.82, 2.24) is 24.8 Å². The molecule has 15 heavy (non-hydrogen) atoms. The number of rotatable bonds is 1. The molecule has 0 atom stereocenters. The van der Waals surface area contributed by atoms with Gasteiger partial charge in [-0.1, -0.05) is 0 Å². The van der Waals surface area contributed by atoms with Crippen molar-refractivity contribution in [3.8, 4) is 11.6 Å². The normalized spacial score (nSPS) is 14.2. The predicted octanol–water partition coefficient (Wildman–Crippen LogP) is 0.480. The van der Waals surface area contributed by atoms with Gasteiger partial charge in [-0.3, -0.25) is 0 Å². The molecular formula is C10H11N5. The Morgan fingerprint density at radius 3 is 3.07 bits per heavy atom. The molecule has 5 nitrogen and oxygen atoms in total. The molecule has 76 valence electrons. The minimum Gasteiger partial charge on any atom is -0.331 e. The van der Waals surface area contributed by atoms with E-state index in [0.717, 1.165) is 24.6 Å². The van der Waals surface area contributed by atoms with Gasteiger partial charge >= 0.3 is 0 Å². The molecular weight excluding hydrogens is 190 g/mol. The van der Waals surface area contributed by atoms with Crippen LogP contribution in [0.25, 0.3) is 11.6 Å². The molecule has 0 aromatic carbocycles. The van der Waals surface area contributed by atoms with Crippen molar-refractivity contribution in [3.05, 3.63) is 29.8 Å². The van der Waals surface area contributed by atoms with Gasteiger partial charge in [-0.05, 0) is 0 Å². The monoisotopic (exact) mass is 201 g/mol. The zero-order valence-corrected chi connectivity index (χ0v) is 8.44. The average molecular weight is 201 g/mol. The number of aromatic nitrogens is 4. The van der Waals surface area contributed by atoms with E-state index in [4.69, 9.17) is 0 Å². The van der Waals surface area contributed by atoms with Gasteiger partial charge in [0.15, 0.2) is 11.6 Å². The minimum absolute atomic E-state index is 0.699. The average Bonchev–Trinajstić information content (AvgIpc) is 2.84. The van der Waals surface area contributed by atoms with Crippen molar-refractivity contribution in [2.75, 3.05) is 0 Å². The Bertz CT molecular complexity index is 502. The maximum atomic E-state index is 4.50. The SMILES string of the molecule is Cn1ccnc1-c1ncc2c(n1)CNC2. The third-order valence-corrected chi connectivity index (χ3v) is 2.58. The van der Waals surface area contributed by atoms with E-state index in [2.05, 4.69) is 20.3 Å². The van der Waals surface area contributed by atoms with Crippen molar-refractivity contribution >= 4 is 0 Å². The summed E-state index contributed by atoms with van der Waals surface area (Å²) in [6, 6.07) is 0. The highest BCUT2D eigenvalue weighted by Crippen LogP contribution is 2.16. The molecule has 1 aliphatic heterocycles. The summed E-state index contributed by atoms with van der Waals surface area (Å²) in [5, 5.41) is 3.25. The van der Waals surface area contributed by atoms with E-state index in [1.54, 1.807) is 6.20 Å². The standard InChI is InChI=1S/C10H11N5/c1-15-3-2-12-10(15)9-13-5-7-4-11-6-8(7)14-9/h2-3,5,11H,4,6H2,1H3. The van der Waals surface area contributed by atoms with Crippen LogP contribution in [0.3, 0.4) is 0 Å². The van der Waals surface area contributed by atoms with E-state index < -0.39 is 0 Å². The highest BCUT2D eigenvalue weighted by molar-refractivity contribution is 5.44. The highest BCUT2D eigenvalue weighted by atomic mass is 15.1. The van der Waals surface area contributed by atoms with Crippen molar-refractivity contribution in [3.63, 3.8) is 0 Å². The predicted molar refractivity (Wildman–Crippen MR) is 54.8 cm³/mol. The van der Waals surface area contributed by atoms with E-state index in [1.165, 1.54) is 5.56 Å². The zero-order valence-electron chi connectivity index (χ0n) is 8.44. The van der Waals surface area contributed by atoms with E-state index in [0.29, 0.717) is 5.82 Å². The number of fused-ring (bicyclic) bond motifs is 1. The first-order valence-corrected chi connectivity index (χ1v) is 4.88. The Morgan fingerprint density at radius 2 is 2.27 bits per heavy atom. The second-order valence-corrected chi connectivity index (χ2v) is 3.63. The van der Waals surface area contributed by atoms with E-state index >= 15 is 0 Å². The van der Waals surface area contributed by atoms with Crippen LogP contribution < -0.4 is 5.32 Å². The van der Waals surface area contributed by atoms with Crippen LogP contribution in [-0.2, 0) is 20.1 Å². The minimum atomic E-state index is 0.699. The molecule has 0 unspecified atom stereocenters. The molecule has 5 heteroatoms. The van der Waals surface area contributed by atoms with Crippen LogP contribution in [0, 0.1) is 0 Å². The molecule has 0 saturated heterocycles. The van der Waals surface area contributed by atoms with E-state index in [1.807, 2.05) is 24.0 Å². The Balaban J connectivity index is 2.11. The third-order valence-electron chi connectivity index (χ3n) is 2.58. The maximum absolute atomic E-state index is 4.50. The van der Waals surface area contributed by atoms with Crippen molar-refractivity contribution < 1.29 is 0 Å². The van der Waals surface area contributed by atoms with Gasteiger partial charge < -0.3 is 9.88 Å². The molecule has 0 fully saturated rings. The van der Waals surface area contributed by atoms with Crippen LogP contribution in [-0.4, -0.2) is 19.5 Å². The Labute approximate surface area is 87.2 Å². The lowest BCUT2D eigenvalue weighted by Crippen LogP contribution is -2.01. The lowest BCUT2D eigenvalue weighted by atomic mass is 10.3.